The molecule has 0 aliphatic rings. The fourth-order valence-electron chi connectivity index (χ4n) is 4.50. The van der Waals surface area contributed by atoms with Crippen molar-refractivity contribution in [3.8, 4) is 0 Å². The summed E-state index contributed by atoms with van der Waals surface area (Å²) in [5.41, 5.74) is 2.31. The maximum atomic E-state index is 12.3. The van der Waals surface area contributed by atoms with E-state index in [1.165, 1.54) is 0 Å². The van der Waals surface area contributed by atoms with Crippen molar-refractivity contribution in [2.45, 2.75) is 64.5 Å². The molecular formula is C34H38N4O6. The molecule has 2 aromatic carbocycles. The average Bonchev–Trinajstić information content (AvgIpc) is 3.76. The minimum absolute atomic E-state index is 0.0563. The summed E-state index contributed by atoms with van der Waals surface area (Å²) in [6, 6.07) is 20.7. The molecule has 0 aliphatic heterocycles. The molecular weight excluding hydrogens is 560 g/mol. The van der Waals surface area contributed by atoms with Gasteiger partial charge in [0.15, 0.2) is 0 Å². The van der Waals surface area contributed by atoms with Crippen molar-refractivity contribution in [1.29, 1.82) is 0 Å². The van der Waals surface area contributed by atoms with Crippen LogP contribution in [0.15, 0.2) is 94.2 Å². The van der Waals surface area contributed by atoms with E-state index in [0.717, 1.165) is 38.5 Å². The first kappa shape index (κ1) is 31.8. The lowest BCUT2D eigenvalue weighted by atomic mass is 10.1. The van der Waals surface area contributed by atoms with E-state index in [-0.39, 0.29) is 23.6 Å². The van der Waals surface area contributed by atoms with Crippen LogP contribution < -0.4 is 21.3 Å². The number of rotatable bonds is 17. The number of anilines is 2. The highest BCUT2D eigenvalue weighted by Crippen LogP contribution is 2.14. The molecule has 10 heteroatoms. The number of nitrogens with one attached hydrogen (secondary N) is 4. The number of benzene rings is 2. The molecule has 4 aromatic rings. The van der Waals surface area contributed by atoms with Gasteiger partial charge in [-0.1, -0.05) is 25.7 Å². The Hall–Kier alpha value is -5.12. The van der Waals surface area contributed by atoms with Crippen LogP contribution in [0.4, 0.5) is 11.4 Å². The minimum Gasteiger partial charge on any atom is -0.467 e. The van der Waals surface area contributed by atoms with E-state index in [4.69, 9.17) is 8.83 Å². The molecule has 0 fully saturated rings. The second-order valence-electron chi connectivity index (χ2n) is 10.4. The molecule has 0 radical (unpaired) electrons. The third kappa shape index (κ3) is 10.9. The average molecular weight is 599 g/mol. The minimum atomic E-state index is -0.213. The molecule has 230 valence electrons. The van der Waals surface area contributed by atoms with Crippen molar-refractivity contribution in [3.63, 3.8) is 0 Å². The second kappa shape index (κ2) is 17.1. The number of furan rings is 2. The van der Waals surface area contributed by atoms with Gasteiger partial charge in [0.25, 0.3) is 11.8 Å². The van der Waals surface area contributed by atoms with Crippen molar-refractivity contribution in [2.75, 3.05) is 10.6 Å². The first-order chi connectivity index (χ1) is 21.5. The first-order valence-corrected chi connectivity index (χ1v) is 14.9. The fourth-order valence-corrected chi connectivity index (χ4v) is 4.50. The summed E-state index contributed by atoms with van der Waals surface area (Å²) in [6.07, 6.45) is 9.43. The Bertz CT molecular complexity index is 1350. The lowest BCUT2D eigenvalue weighted by Gasteiger charge is -2.08. The number of amides is 4. The van der Waals surface area contributed by atoms with Gasteiger partial charge >= 0.3 is 0 Å². The predicted molar refractivity (Wildman–Crippen MR) is 167 cm³/mol. The zero-order valence-electron chi connectivity index (χ0n) is 24.6. The molecule has 0 unspecified atom stereocenters. The Morgan fingerprint density at radius 2 is 0.886 bits per heavy atom. The van der Waals surface area contributed by atoms with Gasteiger partial charge in [-0.3, -0.25) is 19.2 Å². The van der Waals surface area contributed by atoms with Crippen molar-refractivity contribution >= 4 is 35.0 Å². The predicted octanol–water partition coefficient (Wildman–Crippen LogP) is 6.43. The third-order valence-corrected chi connectivity index (χ3v) is 6.93. The zero-order valence-corrected chi connectivity index (χ0v) is 24.6. The van der Waals surface area contributed by atoms with Gasteiger partial charge in [-0.25, -0.2) is 0 Å². The van der Waals surface area contributed by atoms with Gasteiger partial charge in [0.2, 0.25) is 11.8 Å². The van der Waals surface area contributed by atoms with Gasteiger partial charge in [-0.05, 0) is 85.6 Å². The molecule has 0 atom stereocenters. The fraction of sp³-hybridized carbons (Fsp3) is 0.294. The van der Waals surface area contributed by atoms with Gasteiger partial charge in [0, 0.05) is 35.3 Å². The smallest absolute Gasteiger partial charge is 0.251 e. The molecule has 0 aliphatic carbocycles. The number of unbranched alkanes of at least 4 members (excludes halogenated alkanes) is 5. The molecule has 4 amide bonds. The molecule has 10 nitrogen and oxygen atoms in total. The van der Waals surface area contributed by atoms with Crippen LogP contribution in [-0.4, -0.2) is 23.6 Å². The first-order valence-electron chi connectivity index (χ1n) is 14.9. The van der Waals surface area contributed by atoms with Crippen molar-refractivity contribution in [1.82, 2.24) is 10.6 Å². The normalized spacial score (nSPS) is 10.6. The van der Waals surface area contributed by atoms with Gasteiger partial charge < -0.3 is 30.1 Å². The summed E-state index contributed by atoms with van der Waals surface area (Å²) in [5.74, 6) is 0.815. The summed E-state index contributed by atoms with van der Waals surface area (Å²) in [5, 5.41) is 11.3. The Morgan fingerprint density at radius 3 is 1.25 bits per heavy atom. The highest BCUT2D eigenvalue weighted by molar-refractivity contribution is 5.96. The highest BCUT2D eigenvalue weighted by Gasteiger charge is 2.09. The molecule has 4 N–H and O–H groups in total. The Balaban J connectivity index is 1.00. The zero-order chi connectivity index (χ0) is 31.0. The monoisotopic (exact) mass is 598 g/mol. The van der Waals surface area contributed by atoms with Crippen LogP contribution in [0.25, 0.3) is 0 Å². The summed E-state index contributed by atoms with van der Waals surface area (Å²) in [4.78, 5) is 49.1. The van der Waals surface area contributed by atoms with E-state index in [2.05, 4.69) is 21.3 Å². The van der Waals surface area contributed by atoms with Crippen molar-refractivity contribution in [3.05, 3.63) is 108 Å². The maximum absolute atomic E-state index is 12.3. The van der Waals surface area contributed by atoms with Crippen LogP contribution >= 0.6 is 0 Å². The molecule has 44 heavy (non-hydrogen) atoms. The SMILES string of the molecule is O=C(CCCCCCCCC(=O)Nc1ccc(C(=O)NCc2ccco2)cc1)Nc1ccc(C(=O)NCc2ccco2)cc1. The summed E-state index contributed by atoms with van der Waals surface area (Å²) in [7, 11) is 0. The number of hydrogen-bond donors (Lipinski definition) is 4. The van der Waals surface area contributed by atoms with Crippen LogP contribution in [0.3, 0.4) is 0 Å². The molecule has 0 saturated carbocycles. The quantitative estimate of drug-likeness (QED) is 0.103. The lowest BCUT2D eigenvalue weighted by molar-refractivity contribution is -0.117. The van der Waals surface area contributed by atoms with Crippen molar-refractivity contribution in [2.24, 2.45) is 0 Å². The summed E-state index contributed by atoms with van der Waals surface area (Å²) >= 11 is 0. The highest BCUT2D eigenvalue weighted by atomic mass is 16.3. The van der Waals surface area contributed by atoms with Crippen LogP contribution in [0.1, 0.15) is 83.6 Å². The van der Waals surface area contributed by atoms with Gasteiger partial charge in [0.1, 0.15) is 11.5 Å². The number of carbonyl (C=O) groups is 4. The Labute approximate surface area is 256 Å². The molecule has 2 aromatic heterocycles. The van der Waals surface area contributed by atoms with E-state index in [1.54, 1.807) is 85.3 Å². The van der Waals surface area contributed by atoms with Crippen molar-refractivity contribution < 1.29 is 28.0 Å². The molecule has 0 bridgehead atoms. The molecule has 0 saturated heterocycles. The molecule has 0 spiro atoms. The van der Waals surface area contributed by atoms with Crippen LogP contribution in [0.2, 0.25) is 0 Å². The summed E-state index contributed by atoms with van der Waals surface area (Å²) in [6.45, 7) is 0.625. The second-order valence-corrected chi connectivity index (χ2v) is 10.4. The van der Waals surface area contributed by atoms with Crippen LogP contribution in [-0.2, 0) is 22.7 Å². The Morgan fingerprint density at radius 1 is 0.500 bits per heavy atom. The van der Waals surface area contributed by atoms with E-state index in [9.17, 15) is 19.2 Å². The Kier molecular flexibility index (Phi) is 12.4. The number of hydrogen-bond acceptors (Lipinski definition) is 6. The maximum Gasteiger partial charge on any atom is 0.251 e. The topological polar surface area (TPSA) is 143 Å². The van der Waals surface area contributed by atoms with Gasteiger partial charge in [0.05, 0.1) is 25.6 Å². The standard InChI is InChI=1S/C34H38N4O6/c39-31(37-27-17-13-25(14-18-27)33(41)35-23-29-9-7-21-43-29)11-5-3-1-2-4-6-12-32(40)38-28-19-15-26(16-20-28)34(42)36-24-30-10-8-22-44-30/h7-10,13-22H,1-6,11-12,23-24H2,(H,35,41)(H,36,42)(H,37,39)(H,38,40). The molecule has 4 rings (SSSR count). The lowest BCUT2D eigenvalue weighted by Crippen LogP contribution is -2.22. The van der Waals surface area contributed by atoms with Crippen LogP contribution in [0.5, 0.6) is 0 Å². The largest absolute Gasteiger partial charge is 0.467 e. The van der Waals surface area contributed by atoms with Gasteiger partial charge in [-0.15, -0.1) is 0 Å². The third-order valence-electron chi connectivity index (χ3n) is 6.93. The number of carbonyl (C=O) groups excluding carboxylic acids is 4. The van der Waals surface area contributed by atoms with E-state index < -0.39 is 0 Å². The summed E-state index contributed by atoms with van der Waals surface area (Å²) < 4.78 is 10.4. The van der Waals surface area contributed by atoms with Gasteiger partial charge in [-0.2, -0.15) is 0 Å². The van der Waals surface area contributed by atoms with Crippen LogP contribution in [0, 0.1) is 0 Å². The van der Waals surface area contributed by atoms with E-state index in [1.807, 2.05) is 0 Å². The van der Waals surface area contributed by atoms with E-state index >= 15 is 0 Å². The molecule has 2 heterocycles. The van der Waals surface area contributed by atoms with E-state index in [0.29, 0.717) is 60.0 Å².